The lowest BCUT2D eigenvalue weighted by Crippen LogP contribution is -2.25. The zero-order valence-electron chi connectivity index (χ0n) is 16.3. The van der Waals surface area contributed by atoms with E-state index in [2.05, 4.69) is 9.97 Å². The van der Waals surface area contributed by atoms with E-state index in [-0.39, 0.29) is 5.56 Å². The fourth-order valence-electron chi connectivity index (χ4n) is 3.08. The number of hydrogen-bond acceptors (Lipinski definition) is 5. The Bertz CT molecular complexity index is 1010. The van der Waals surface area contributed by atoms with Crippen molar-refractivity contribution in [2.24, 2.45) is 0 Å². The Morgan fingerprint density at radius 3 is 2.39 bits per heavy atom. The van der Waals surface area contributed by atoms with Gasteiger partial charge in [0.05, 0.1) is 27.4 Å². The number of anilines is 1. The van der Waals surface area contributed by atoms with Crippen LogP contribution in [-0.2, 0) is 11.8 Å². The summed E-state index contributed by atoms with van der Waals surface area (Å²) in [5.41, 5.74) is -0.836. The number of rotatable bonds is 4. The van der Waals surface area contributed by atoms with Crippen LogP contribution < -0.4 is 4.90 Å². The topological polar surface area (TPSA) is 49.2 Å². The van der Waals surface area contributed by atoms with Gasteiger partial charge in [-0.15, -0.1) is 11.3 Å². The predicted molar refractivity (Wildman–Crippen MR) is 106 cm³/mol. The molecule has 0 amide bonds. The van der Waals surface area contributed by atoms with Crippen LogP contribution in [0.5, 0.6) is 0 Å². The summed E-state index contributed by atoms with van der Waals surface area (Å²) in [5.74, 6) is 1.07. The van der Waals surface area contributed by atoms with Gasteiger partial charge in [0, 0.05) is 11.9 Å². The number of nitrogens with zero attached hydrogens (tertiary/aromatic N) is 3. The molecule has 1 unspecified atom stereocenters. The fourth-order valence-corrected chi connectivity index (χ4v) is 4.21. The second kappa shape index (κ2) is 7.00. The Kier molecular flexibility index (Phi) is 5.14. The van der Waals surface area contributed by atoms with Gasteiger partial charge in [-0.3, -0.25) is 0 Å². The van der Waals surface area contributed by atoms with Crippen LogP contribution in [-0.4, -0.2) is 22.1 Å². The summed E-state index contributed by atoms with van der Waals surface area (Å²) in [4.78, 5) is 11.4. The van der Waals surface area contributed by atoms with E-state index in [1.54, 1.807) is 51.8 Å². The highest BCUT2D eigenvalue weighted by Crippen LogP contribution is 2.40. The summed E-state index contributed by atoms with van der Waals surface area (Å²) in [5, 5.41) is 10.3. The number of hydrogen-bond donors (Lipinski definition) is 1. The van der Waals surface area contributed by atoms with Crippen molar-refractivity contribution in [3.05, 3.63) is 52.2 Å². The Morgan fingerprint density at radius 1 is 1.14 bits per heavy atom. The average Bonchev–Trinajstić information content (AvgIpc) is 3.03. The lowest BCUT2D eigenvalue weighted by Gasteiger charge is -2.29. The van der Waals surface area contributed by atoms with Gasteiger partial charge in [-0.1, -0.05) is 18.2 Å². The molecule has 0 saturated carbocycles. The second-order valence-corrected chi connectivity index (χ2v) is 8.40. The van der Waals surface area contributed by atoms with Gasteiger partial charge in [-0.05, 0) is 45.4 Å². The first-order valence-electron chi connectivity index (χ1n) is 8.79. The Balaban J connectivity index is 2.12. The van der Waals surface area contributed by atoms with Crippen molar-refractivity contribution in [1.82, 2.24) is 9.97 Å². The van der Waals surface area contributed by atoms with Crippen molar-refractivity contribution in [3.63, 3.8) is 0 Å². The predicted octanol–water partition coefficient (Wildman–Crippen LogP) is 5.44. The molecule has 0 fully saturated rings. The SMILES string of the molecule is Cc1nc(N(C)C(C)c2ccccc2C(F)(F)F)c2sc(C(C)(C)O)cc2n1. The third-order valence-electron chi connectivity index (χ3n) is 4.70. The molecule has 2 aromatic heterocycles. The lowest BCUT2D eigenvalue weighted by molar-refractivity contribution is -0.138. The van der Waals surface area contributed by atoms with Crippen LogP contribution in [0.25, 0.3) is 10.2 Å². The number of aryl methyl sites for hydroxylation is 1. The van der Waals surface area contributed by atoms with Crippen LogP contribution >= 0.6 is 11.3 Å². The van der Waals surface area contributed by atoms with Crippen molar-refractivity contribution in [2.45, 2.75) is 45.5 Å². The third kappa shape index (κ3) is 3.84. The van der Waals surface area contributed by atoms with E-state index in [1.807, 2.05) is 0 Å². The molecule has 0 bridgehead atoms. The van der Waals surface area contributed by atoms with Crippen LogP contribution in [0.4, 0.5) is 19.0 Å². The highest BCUT2D eigenvalue weighted by Gasteiger charge is 2.35. The molecule has 0 aliphatic rings. The number of aromatic nitrogens is 2. The Labute approximate surface area is 165 Å². The summed E-state index contributed by atoms with van der Waals surface area (Å²) >= 11 is 1.35. The minimum absolute atomic E-state index is 0.182. The maximum atomic E-state index is 13.5. The van der Waals surface area contributed by atoms with Crippen LogP contribution in [0.1, 0.15) is 48.6 Å². The number of thiophene rings is 1. The molecular formula is C20H22F3N3OS. The minimum atomic E-state index is -4.43. The molecule has 28 heavy (non-hydrogen) atoms. The highest BCUT2D eigenvalue weighted by atomic mass is 32.1. The minimum Gasteiger partial charge on any atom is -0.385 e. The molecule has 3 rings (SSSR count). The fraction of sp³-hybridized carbons (Fsp3) is 0.400. The summed E-state index contributed by atoms with van der Waals surface area (Å²) in [6.07, 6.45) is -4.43. The van der Waals surface area contributed by atoms with Crippen molar-refractivity contribution in [2.75, 3.05) is 11.9 Å². The van der Waals surface area contributed by atoms with E-state index in [0.29, 0.717) is 17.2 Å². The number of fused-ring (bicyclic) bond motifs is 1. The summed E-state index contributed by atoms with van der Waals surface area (Å²) in [6.45, 7) is 6.83. The van der Waals surface area contributed by atoms with E-state index in [9.17, 15) is 18.3 Å². The van der Waals surface area contributed by atoms with Crippen LogP contribution in [0.15, 0.2) is 30.3 Å². The highest BCUT2D eigenvalue weighted by molar-refractivity contribution is 7.19. The first-order valence-corrected chi connectivity index (χ1v) is 9.61. The number of benzene rings is 1. The van der Waals surface area contributed by atoms with Crippen molar-refractivity contribution in [1.29, 1.82) is 0 Å². The molecule has 2 heterocycles. The monoisotopic (exact) mass is 409 g/mol. The third-order valence-corrected chi connectivity index (χ3v) is 6.13. The van der Waals surface area contributed by atoms with Crippen LogP contribution in [0, 0.1) is 6.92 Å². The molecule has 1 aromatic carbocycles. The molecule has 1 atom stereocenters. The van der Waals surface area contributed by atoms with Gasteiger partial charge in [-0.2, -0.15) is 13.2 Å². The van der Waals surface area contributed by atoms with E-state index < -0.39 is 23.4 Å². The maximum Gasteiger partial charge on any atom is 0.416 e. The maximum absolute atomic E-state index is 13.5. The molecule has 0 spiro atoms. The summed E-state index contributed by atoms with van der Waals surface area (Å²) < 4.78 is 41.1. The van der Waals surface area contributed by atoms with E-state index in [0.717, 1.165) is 15.6 Å². The second-order valence-electron chi connectivity index (χ2n) is 7.35. The normalized spacial score (nSPS) is 13.8. The van der Waals surface area contributed by atoms with Crippen molar-refractivity contribution < 1.29 is 18.3 Å². The molecule has 150 valence electrons. The molecule has 0 saturated heterocycles. The van der Waals surface area contributed by atoms with E-state index in [1.165, 1.54) is 23.5 Å². The van der Waals surface area contributed by atoms with Gasteiger partial charge in [0.1, 0.15) is 5.82 Å². The Morgan fingerprint density at radius 2 is 1.79 bits per heavy atom. The van der Waals surface area contributed by atoms with Gasteiger partial charge in [0.2, 0.25) is 0 Å². The number of alkyl halides is 3. The average molecular weight is 409 g/mol. The molecule has 4 nitrogen and oxygen atoms in total. The Hall–Kier alpha value is -2.19. The largest absolute Gasteiger partial charge is 0.416 e. The van der Waals surface area contributed by atoms with Gasteiger partial charge >= 0.3 is 6.18 Å². The van der Waals surface area contributed by atoms with Gasteiger partial charge in [0.15, 0.2) is 5.82 Å². The first kappa shape index (κ1) is 20.5. The molecule has 3 aromatic rings. The zero-order valence-corrected chi connectivity index (χ0v) is 17.1. The van der Waals surface area contributed by atoms with Gasteiger partial charge in [0.25, 0.3) is 0 Å². The number of aliphatic hydroxyl groups is 1. The summed E-state index contributed by atoms with van der Waals surface area (Å²) in [6, 6.07) is 6.82. The number of halogens is 3. The molecule has 0 aliphatic heterocycles. The molecule has 8 heteroatoms. The zero-order chi connectivity index (χ0) is 20.9. The van der Waals surface area contributed by atoms with Crippen molar-refractivity contribution >= 4 is 27.4 Å². The standard InChI is InChI=1S/C20H22F3N3OS/c1-11(13-8-6-7-9-14(13)20(21,22)23)26(5)18-17-15(24-12(2)25-18)10-16(28-17)19(3,4)27/h6-11,27H,1-5H3. The van der Waals surface area contributed by atoms with E-state index >= 15 is 0 Å². The van der Waals surface area contributed by atoms with Crippen LogP contribution in [0.2, 0.25) is 0 Å². The molecule has 1 N–H and O–H groups in total. The van der Waals surface area contributed by atoms with Gasteiger partial charge in [-0.25, -0.2) is 9.97 Å². The van der Waals surface area contributed by atoms with E-state index in [4.69, 9.17) is 0 Å². The van der Waals surface area contributed by atoms with Crippen molar-refractivity contribution in [3.8, 4) is 0 Å². The van der Waals surface area contributed by atoms with Crippen LogP contribution in [0.3, 0.4) is 0 Å². The molecule has 0 aliphatic carbocycles. The first-order chi connectivity index (χ1) is 12.9. The quantitative estimate of drug-likeness (QED) is 0.623. The smallest absolute Gasteiger partial charge is 0.385 e. The molecular weight excluding hydrogens is 387 g/mol. The van der Waals surface area contributed by atoms with Gasteiger partial charge < -0.3 is 10.0 Å². The lowest BCUT2D eigenvalue weighted by atomic mass is 10.00. The molecule has 0 radical (unpaired) electrons. The summed E-state index contributed by atoms with van der Waals surface area (Å²) in [7, 11) is 1.72.